The summed E-state index contributed by atoms with van der Waals surface area (Å²) in [5, 5.41) is 6.76. The summed E-state index contributed by atoms with van der Waals surface area (Å²) in [5.41, 5.74) is 1.26. The average molecular weight is 376 g/mol. The van der Waals surface area contributed by atoms with E-state index in [-0.39, 0.29) is 6.10 Å². The van der Waals surface area contributed by atoms with Gasteiger partial charge in [0.2, 0.25) is 0 Å². The summed E-state index contributed by atoms with van der Waals surface area (Å²) in [6.07, 6.45) is 3.40. The van der Waals surface area contributed by atoms with E-state index in [1.54, 1.807) is 0 Å². The Kier molecular flexibility index (Phi) is 10.2. The van der Waals surface area contributed by atoms with E-state index in [9.17, 15) is 0 Å². The van der Waals surface area contributed by atoms with Gasteiger partial charge in [-0.05, 0) is 37.7 Å². The van der Waals surface area contributed by atoms with Gasteiger partial charge in [-0.3, -0.25) is 4.99 Å². The Hall–Kier alpha value is -1.59. The molecule has 0 saturated carbocycles. The first kappa shape index (κ1) is 21.7. The molecule has 0 aliphatic carbocycles. The summed E-state index contributed by atoms with van der Waals surface area (Å²) in [7, 11) is 0. The smallest absolute Gasteiger partial charge is 0.191 e. The molecule has 1 aromatic carbocycles. The highest BCUT2D eigenvalue weighted by atomic mass is 16.5. The van der Waals surface area contributed by atoms with Crippen molar-refractivity contribution >= 4 is 5.96 Å². The number of nitrogens with one attached hydrogen (secondary N) is 2. The fourth-order valence-corrected chi connectivity index (χ4v) is 3.29. The standard InChI is InChI=1S/C22H37N3O2/c1-4-23-22(24-13-9-14-26-17-18(2)3)25-16-20-12-8-15-27-21(20)19-10-6-5-7-11-19/h5-7,10-11,18,20-21H,4,8-9,12-17H2,1-3H3,(H2,23,24,25). The summed E-state index contributed by atoms with van der Waals surface area (Å²) >= 11 is 0. The Morgan fingerprint density at radius 3 is 2.81 bits per heavy atom. The average Bonchev–Trinajstić information content (AvgIpc) is 2.69. The van der Waals surface area contributed by atoms with E-state index in [2.05, 4.69) is 61.7 Å². The first-order valence-corrected chi connectivity index (χ1v) is 10.5. The van der Waals surface area contributed by atoms with Gasteiger partial charge in [-0.2, -0.15) is 0 Å². The zero-order valence-electron chi connectivity index (χ0n) is 17.2. The van der Waals surface area contributed by atoms with Crippen LogP contribution in [0.5, 0.6) is 0 Å². The molecule has 1 fully saturated rings. The lowest BCUT2D eigenvalue weighted by Gasteiger charge is -2.31. The molecular weight excluding hydrogens is 338 g/mol. The van der Waals surface area contributed by atoms with E-state index in [0.717, 1.165) is 64.7 Å². The minimum Gasteiger partial charge on any atom is -0.381 e. The van der Waals surface area contributed by atoms with Crippen molar-refractivity contribution in [1.29, 1.82) is 0 Å². The molecule has 0 spiro atoms. The maximum Gasteiger partial charge on any atom is 0.191 e. The molecule has 2 N–H and O–H groups in total. The highest BCUT2D eigenvalue weighted by Crippen LogP contribution is 2.33. The molecule has 0 amide bonds. The van der Waals surface area contributed by atoms with Crippen molar-refractivity contribution in [3.8, 4) is 0 Å². The van der Waals surface area contributed by atoms with Crippen molar-refractivity contribution in [2.24, 2.45) is 16.8 Å². The molecule has 0 aromatic heterocycles. The number of rotatable bonds is 10. The predicted molar refractivity (Wildman–Crippen MR) is 112 cm³/mol. The topological polar surface area (TPSA) is 54.9 Å². The van der Waals surface area contributed by atoms with Crippen molar-refractivity contribution in [2.75, 3.05) is 39.5 Å². The number of hydrogen-bond acceptors (Lipinski definition) is 3. The molecule has 0 bridgehead atoms. The highest BCUT2D eigenvalue weighted by molar-refractivity contribution is 5.79. The molecule has 1 saturated heterocycles. The number of nitrogens with zero attached hydrogens (tertiary/aromatic N) is 1. The lowest BCUT2D eigenvalue weighted by atomic mass is 9.89. The fraction of sp³-hybridized carbons (Fsp3) is 0.682. The van der Waals surface area contributed by atoms with Crippen LogP contribution in [0, 0.1) is 11.8 Å². The number of hydrogen-bond donors (Lipinski definition) is 2. The van der Waals surface area contributed by atoms with Crippen LogP contribution < -0.4 is 10.6 Å². The van der Waals surface area contributed by atoms with Gasteiger partial charge in [0.25, 0.3) is 0 Å². The summed E-state index contributed by atoms with van der Waals surface area (Å²) in [4.78, 5) is 4.83. The number of aliphatic imine (C=N–C) groups is 1. The van der Waals surface area contributed by atoms with Crippen LogP contribution in [0.2, 0.25) is 0 Å². The molecule has 5 nitrogen and oxygen atoms in total. The second-order valence-electron chi connectivity index (χ2n) is 7.57. The van der Waals surface area contributed by atoms with Crippen molar-refractivity contribution in [3.05, 3.63) is 35.9 Å². The maximum absolute atomic E-state index is 6.09. The summed E-state index contributed by atoms with van der Waals surface area (Å²) < 4.78 is 11.7. The maximum atomic E-state index is 6.09. The minimum atomic E-state index is 0.149. The molecule has 1 aliphatic rings. The first-order chi connectivity index (χ1) is 13.2. The Bertz CT molecular complexity index is 534. The summed E-state index contributed by atoms with van der Waals surface area (Å²) in [6.45, 7) is 11.4. The van der Waals surface area contributed by atoms with Gasteiger partial charge in [0, 0.05) is 45.4 Å². The van der Waals surface area contributed by atoms with E-state index >= 15 is 0 Å². The lowest BCUT2D eigenvalue weighted by Crippen LogP contribution is -2.39. The van der Waals surface area contributed by atoms with Crippen molar-refractivity contribution in [1.82, 2.24) is 10.6 Å². The molecule has 0 radical (unpaired) electrons. The van der Waals surface area contributed by atoms with Gasteiger partial charge in [-0.1, -0.05) is 44.2 Å². The largest absolute Gasteiger partial charge is 0.381 e. The third-order valence-corrected chi connectivity index (χ3v) is 4.61. The molecule has 1 aromatic rings. The molecular formula is C22H37N3O2. The number of benzene rings is 1. The van der Waals surface area contributed by atoms with Crippen LogP contribution in [0.15, 0.2) is 35.3 Å². The monoisotopic (exact) mass is 375 g/mol. The summed E-state index contributed by atoms with van der Waals surface area (Å²) in [6, 6.07) is 10.5. The SMILES string of the molecule is CCNC(=NCC1CCCOC1c1ccccc1)NCCCOCC(C)C. The molecule has 2 rings (SSSR count). The van der Waals surface area contributed by atoms with Crippen LogP contribution in [-0.4, -0.2) is 45.4 Å². The minimum absolute atomic E-state index is 0.149. The van der Waals surface area contributed by atoms with Crippen LogP contribution in [0.3, 0.4) is 0 Å². The van der Waals surface area contributed by atoms with Gasteiger partial charge in [0.15, 0.2) is 5.96 Å². The molecule has 1 heterocycles. The van der Waals surface area contributed by atoms with Gasteiger partial charge >= 0.3 is 0 Å². The summed E-state index contributed by atoms with van der Waals surface area (Å²) in [5.74, 6) is 1.90. The Morgan fingerprint density at radius 1 is 1.26 bits per heavy atom. The number of guanidine groups is 1. The van der Waals surface area contributed by atoms with E-state index in [1.165, 1.54) is 5.56 Å². The third kappa shape index (κ3) is 8.31. The Labute approximate surface area is 164 Å². The molecule has 152 valence electrons. The molecule has 27 heavy (non-hydrogen) atoms. The second-order valence-corrected chi connectivity index (χ2v) is 7.57. The van der Waals surface area contributed by atoms with Crippen molar-refractivity contribution in [2.45, 2.75) is 46.1 Å². The Balaban J connectivity index is 1.82. The van der Waals surface area contributed by atoms with Gasteiger partial charge in [-0.25, -0.2) is 0 Å². The van der Waals surface area contributed by atoms with Crippen LogP contribution in [-0.2, 0) is 9.47 Å². The van der Waals surface area contributed by atoms with Crippen LogP contribution in [0.1, 0.15) is 51.7 Å². The fourth-order valence-electron chi connectivity index (χ4n) is 3.29. The van der Waals surface area contributed by atoms with Gasteiger partial charge < -0.3 is 20.1 Å². The molecule has 2 atom stereocenters. The first-order valence-electron chi connectivity index (χ1n) is 10.5. The number of ether oxygens (including phenoxy) is 2. The van der Waals surface area contributed by atoms with Crippen LogP contribution in [0.4, 0.5) is 0 Å². The zero-order chi connectivity index (χ0) is 19.3. The highest BCUT2D eigenvalue weighted by Gasteiger charge is 2.27. The van der Waals surface area contributed by atoms with E-state index in [1.807, 2.05) is 0 Å². The van der Waals surface area contributed by atoms with Gasteiger partial charge in [-0.15, -0.1) is 0 Å². The quantitative estimate of drug-likeness (QED) is 0.371. The third-order valence-electron chi connectivity index (χ3n) is 4.61. The van der Waals surface area contributed by atoms with Crippen LogP contribution >= 0.6 is 0 Å². The lowest BCUT2D eigenvalue weighted by molar-refractivity contribution is -0.0250. The van der Waals surface area contributed by atoms with Gasteiger partial charge in [0.05, 0.1) is 6.10 Å². The van der Waals surface area contributed by atoms with E-state index < -0.39 is 0 Å². The molecule has 5 heteroatoms. The molecule has 1 aliphatic heterocycles. The predicted octanol–water partition coefficient (Wildman–Crippen LogP) is 3.77. The van der Waals surface area contributed by atoms with Crippen molar-refractivity contribution in [3.63, 3.8) is 0 Å². The zero-order valence-corrected chi connectivity index (χ0v) is 17.2. The van der Waals surface area contributed by atoms with E-state index in [4.69, 9.17) is 14.5 Å². The van der Waals surface area contributed by atoms with Gasteiger partial charge in [0.1, 0.15) is 0 Å². The van der Waals surface area contributed by atoms with Crippen LogP contribution in [0.25, 0.3) is 0 Å². The molecule has 2 unspecified atom stereocenters. The van der Waals surface area contributed by atoms with E-state index in [0.29, 0.717) is 11.8 Å². The second kappa shape index (κ2) is 12.7. The Morgan fingerprint density at radius 2 is 2.07 bits per heavy atom. The van der Waals surface area contributed by atoms with Crippen molar-refractivity contribution < 1.29 is 9.47 Å². The normalized spacial score (nSPS) is 20.7.